The summed E-state index contributed by atoms with van der Waals surface area (Å²) in [7, 11) is 0. The summed E-state index contributed by atoms with van der Waals surface area (Å²) in [6.45, 7) is 1.55. The molecule has 3 aliphatic rings. The summed E-state index contributed by atoms with van der Waals surface area (Å²) in [5.74, 6) is -0.290. The maximum Gasteiger partial charge on any atom is 0.220 e. The first kappa shape index (κ1) is 53.9. The molecule has 0 aromatic heterocycles. The monoisotopic (exact) mass is 884 g/mol. The third-order valence-electron chi connectivity index (χ3n) is 11.6. The van der Waals surface area contributed by atoms with Gasteiger partial charge in [-0.25, -0.2) is 0 Å². The van der Waals surface area contributed by atoms with Crippen LogP contribution in [0.5, 0.6) is 0 Å². The molecule has 0 aromatic rings. The predicted octanol–water partition coefficient (Wildman–Crippen LogP) is -0.865. The van der Waals surface area contributed by atoms with Crippen LogP contribution in [0.15, 0.2) is 12.2 Å². The van der Waals surface area contributed by atoms with Crippen LogP contribution >= 0.6 is 0 Å². The molecule has 0 radical (unpaired) electrons. The quantitative estimate of drug-likeness (QED) is 0.0321. The summed E-state index contributed by atoms with van der Waals surface area (Å²) in [4.78, 5) is 13.0. The molecule has 3 saturated heterocycles. The van der Waals surface area contributed by atoms with Crippen LogP contribution in [0.1, 0.15) is 117 Å². The highest BCUT2D eigenvalue weighted by molar-refractivity contribution is 5.76. The largest absolute Gasteiger partial charge is 0.394 e. The summed E-state index contributed by atoms with van der Waals surface area (Å²) in [5.41, 5.74) is 0. The topological polar surface area (TPSA) is 307 Å². The number of ether oxygens (including phenoxy) is 6. The molecule has 0 aromatic carbocycles. The second kappa shape index (κ2) is 29.1. The number of unbranched alkanes of at least 4 members (excludes halogenated alkanes) is 13. The van der Waals surface area contributed by atoms with Gasteiger partial charge in [-0.1, -0.05) is 103 Å². The normalized spacial score (nSPS) is 35.7. The highest BCUT2D eigenvalue weighted by Gasteiger charge is 2.53. The fraction of sp³-hybridized carbons (Fsp3) is 0.929. The number of carbonyl (C=O) groups excluding carboxylic acids is 1. The van der Waals surface area contributed by atoms with Gasteiger partial charge in [-0.3, -0.25) is 4.79 Å². The molecule has 3 heterocycles. The molecule has 0 bridgehead atoms. The Bertz CT molecular complexity index is 1200. The number of aliphatic hydroxyl groups excluding tert-OH is 11. The summed E-state index contributed by atoms with van der Waals surface area (Å²) in [6.07, 6.45) is -7.09. The molecule has 19 nitrogen and oxygen atoms in total. The Morgan fingerprint density at radius 3 is 1.54 bits per heavy atom. The van der Waals surface area contributed by atoms with Crippen molar-refractivity contribution in [1.29, 1.82) is 0 Å². The van der Waals surface area contributed by atoms with E-state index in [1.54, 1.807) is 6.08 Å². The van der Waals surface area contributed by atoms with Gasteiger partial charge >= 0.3 is 0 Å². The molecule has 358 valence electrons. The minimum atomic E-state index is -1.97. The Morgan fingerprint density at radius 1 is 0.574 bits per heavy atom. The van der Waals surface area contributed by atoms with Gasteiger partial charge in [0.2, 0.25) is 5.91 Å². The van der Waals surface area contributed by atoms with Crippen molar-refractivity contribution in [2.75, 3.05) is 26.4 Å². The summed E-state index contributed by atoms with van der Waals surface area (Å²) in [5, 5.41) is 119. The fourth-order valence-electron chi connectivity index (χ4n) is 7.72. The molecule has 0 aliphatic carbocycles. The third-order valence-corrected chi connectivity index (χ3v) is 11.6. The molecule has 17 unspecified atom stereocenters. The van der Waals surface area contributed by atoms with Crippen LogP contribution in [0.3, 0.4) is 0 Å². The molecule has 61 heavy (non-hydrogen) atoms. The van der Waals surface area contributed by atoms with Crippen molar-refractivity contribution in [3.63, 3.8) is 0 Å². The molecule has 12 N–H and O–H groups in total. The second-order valence-electron chi connectivity index (χ2n) is 16.5. The van der Waals surface area contributed by atoms with Crippen molar-refractivity contribution in [2.24, 2.45) is 0 Å². The summed E-state index contributed by atoms with van der Waals surface area (Å²) < 4.78 is 33.9. The lowest BCUT2D eigenvalue weighted by Gasteiger charge is -2.48. The Hall–Kier alpha value is -1.47. The van der Waals surface area contributed by atoms with E-state index in [1.165, 1.54) is 32.1 Å². The number of rotatable bonds is 29. The van der Waals surface area contributed by atoms with Gasteiger partial charge in [-0.15, -0.1) is 0 Å². The molecule has 3 aliphatic heterocycles. The molecule has 3 rings (SSSR count). The Labute approximate surface area is 359 Å². The van der Waals surface area contributed by atoms with Gasteiger partial charge in [0.05, 0.1) is 38.6 Å². The smallest absolute Gasteiger partial charge is 0.220 e. The Balaban J connectivity index is 1.61. The molecule has 19 heteroatoms. The van der Waals surface area contributed by atoms with E-state index in [0.717, 1.165) is 57.8 Å². The van der Waals surface area contributed by atoms with E-state index in [4.69, 9.17) is 28.4 Å². The van der Waals surface area contributed by atoms with Gasteiger partial charge in [-0.05, 0) is 19.3 Å². The van der Waals surface area contributed by atoms with E-state index in [0.29, 0.717) is 6.42 Å². The average molecular weight is 884 g/mol. The van der Waals surface area contributed by atoms with Gasteiger partial charge in [0.25, 0.3) is 0 Å². The van der Waals surface area contributed by atoms with Gasteiger partial charge in [0.15, 0.2) is 18.9 Å². The SMILES string of the molecule is CCCCCCCCCC/C=C/C(O)C(COC1OC(CO)C(OC2OC(CO)C(OC3OC(CO)C(O)C(O)C3O)C(O)C2O)C(O)C1O)NC(=O)CCCCCCCC. The standard InChI is InChI=1S/C42H77NO18/c1-3-5-7-9-11-12-13-14-15-17-19-26(47)25(43-30(48)20-18-16-10-8-6-4-2)24-56-40-36(54)33(51)38(28(22-45)58-40)61-42-37(55)34(52)39(29(23-46)59-42)60-41-35(53)32(50)31(49)27(21-44)57-41/h17,19,25-29,31-42,44-47,49-55H,3-16,18,20-24H2,1-2H3,(H,43,48)/b19-17+. The highest BCUT2D eigenvalue weighted by Crippen LogP contribution is 2.33. The first-order valence-corrected chi connectivity index (χ1v) is 22.4. The summed E-state index contributed by atoms with van der Waals surface area (Å²) in [6, 6.07) is -0.960. The minimum Gasteiger partial charge on any atom is -0.394 e. The van der Waals surface area contributed by atoms with Crippen LogP contribution in [-0.2, 0) is 33.2 Å². The van der Waals surface area contributed by atoms with Crippen LogP contribution in [0.25, 0.3) is 0 Å². The molecular weight excluding hydrogens is 806 g/mol. The zero-order valence-corrected chi connectivity index (χ0v) is 35.9. The van der Waals surface area contributed by atoms with E-state index >= 15 is 0 Å². The summed E-state index contributed by atoms with van der Waals surface area (Å²) >= 11 is 0. The van der Waals surface area contributed by atoms with Crippen LogP contribution in [0.4, 0.5) is 0 Å². The maximum atomic E-state index is 13.0. The van der Waals surface area contributed by atoms with Crippen LogP contribution in [-0.4, -0.2) is 193 Å². The second-order valence-corrected chi connectivity index (χ2v) is 16.5. The van der Waals surface area contributed by atoms with Gasteiger partial charge < -0.3 is 89.9 Å². The lowest BCUT2D eigenvalue weighted by atomic mass is 9.96. The van der Waals surface area contributed by atoms with Crippen LogP contribution in [0.2, 0.25) is 0 Å². The number of hydrogen-bond donors (Lipinski definition) is 12. The van der Waals surface area contributed by atoms with E-state index < -0.39 is 124 Å². The molecule has 3 fully saturated rings. The fourth-order valence-corrected chi connectivity index (χ4v) is 7.72. The lowest BCUT2D eigenvalue weighted by Crippen LogP contribution is -2.66. The van der Waals surface area contributed by atoms with E-state index in [1.807, 2.05) is 6.08 Å². The first-order chi connectivity index (χ1) is 29.3. The molecule has 0 saturated carbocycles. The van der Waals surface area contributed by atoms with Crippen molar-refractivity contribution >= 4 is 5.91 Å². The van der Waals surface area contributed by atoms with E-state index in [-0.39, 0.29) is 18.9 Å². The third kappa shape index (κ3) is 16.8. The van der Waals surface area contributed by atoms with Crippen LogP contribution in [0, 0.1) is 0 Å². The van der Waals surface area contributed by atoms with Gasteiger partial charge in [0.1, 0.15) is 73.2 Å². The minimum absolute atomic E-state index is 0.242. The zero-order chi connectivity index (χ0) is 44.9. The maximum absolute atomic E-state index is 13.0. The van der Waals surface area contributed by atoms with E-state index in [2.05, 4.69) is 19.2 Å². The van der Waals surface area contributed by atoms with Gasteiger partial charge in [-0.2, -0.15) is 0 Å². The van der Waals surface area contributed by atoms with Crippen molar-refractivity contribution in [2.45, 2.75) is 221 Å². The highest BCUT2D eigenvalue weighted by atomic mass is 16.8. The molecule has 17 atom stereocenters. The number of hydrogen-bond acceptors (Lipinski definition) is 18. The predicted molar refractivity (Wildman–Crippen MR) is 217 cm³/mol. The Kier molecular flexibility index (Phi) is 25.7. The van der Waals surface area contributed by atoms with Crippen molar-refractivity contribution in [1.82, 2.24) is 5.32 Å². The molecular formula is C42H77NO18. The van der Waals surface area contributed by atoms with Gasteiger partial charge in [0, 0.05) is 6.42 Å². The van der Waals surface area contributed by atoms with Crippen molar-refractivity contribution in [3.8, 4) is 0 Å². The molecule has 1 amide bonds. The van der Waals surface area contributed by atoms with Crippen LogP contribution < -0.4 is 5.32 Å². The molecule has 0 spiro atoms. The Morgan fingerprint density at radius 2 is 1.02 bits per heavy atom. The first-order valence-electron chi connectivity index (χ1n) is 22.4. The zero-order valence-electron chi connectivity index (χ0n) is 35.9. The number of aliphatic hydroxyl groups is 11. The average Bonchev–Trinajstić information content (AvgIpc) is 3.25. The number of nitrogens with one attached hydrogen (secondary N) is 1. The van der Waals surface area contributed by atoms with Crippen molar-refractivity contribution < 1.29 is 89.4 Å². The number of amides is 1. The van der Waals surface area contributed by atoms with Crippen molar-refractivity contribution in [3.05, 3.63) is 12.2 Å². The number of allylic oxidation sites excluding steroid dienone is 1. The lowest BCUT2D eigenvalue weighted by molar-refractivity contribution is -0.379. The van der Waals surface area contributed by atoms with E-state index in [9.17, 15) is 61.0 Å². The number of carbonyl (C=O) groups is 1.